The van der Waals surface area contributed by atoms with Crippen molar-refractivity contribution in [3.63, 3.8) is 0 Å². The van der Waals surface area contributed by atoms with Gasteiger partial charge < -0.3 is 14.4 Å². The Hall–Kier alpha value is -2.17. The van der Waals surface area contributed by atoms with E-state index in [1.165, 1.54) is 0 Å². The molecule has 1 N–H and O–H groups in total. The van der Waals surface area contributed by atoms with Crippen LogP contribution in [-0.2, 0) is 11.3 Å². The van der Waals surface area contributed by atoms with E-state index in [-0.39, 0.29) is 6.10 Å². The highest BCUT2D eigenvalue weighted by molar-refractivity contribution is 5.76. The molecule has 25 heavy (non-hydrogen) atoms. The summed E-state index contributed by atoms with van der Waals surface area (Å²) in [5.74, 6) is 1.29. The minimum atomic E-state index is -0.582. The second kappa shape index (κ2) is 7.81. The summed E-state index contributed by atoms with van der Waals surface area (Å²) in [5, 5.41) is 10.5. The predicted molar refractivity (Wildman–Crippen MR) is 101 cm³/mol. The Labute approximate surface area is 149 Å². The molecule has 0 saturated carbocycles. The molecule has 0 fully saturated rings. The van der Waals surface area contributed by atoms with E-state index >= 15 is 0 Å². The van der Waals surface area contributed by atoms with E-state index in [0.29, 0.717) is 19.1 Å². The fraction of sp³-hybridized carbons (Fsp3) is 0.381. The first-order chi connectivity index (χ1) is 12.1. The van der Waals surface area contributed by atoms with Gasteiger partial charge in [-0.15, -0.1) is 0 Å². The van der Waals surface area contributed by atoms with Gasteiger partial charge >= 0.3 is 0 Å². The number of hydrogen-bond acceptors (Lipinski definition) is 3. The van der Waals surface area contributed by atoms with Gasteiger partial charge in [0.25, 0.3) is 0 Å². The number of hydrogen-bond donors (Lipinski definition) is 1. The predicted octanol–water partition coefficient (Wildman–Crippen LogP) is 4.30. The summed E-state index contributed by atoms with van der Waals surface area (Å²) < 4.78 is 7.98. The van der Waals surface area contributed by atoms with Crippen LogP contribution >= 0.6 is 0 Å². The Balaban J connectivity index is 1.69. The zero-order valence-electron chi connectivity index (χ0n) is 15.1. The van der Waals surface area contributed by atoms with Gasteiger partial charge in [0, 0.05) is 5.92 Å². The summed E-state index contributed by atoms with van der Waals surface area (Å²) in [4.78, 5) is 4.72. The van der Waals surface area contributed by atoms with Crippen LogP contribution in [0.15, 0.2) is 54.6 Å². The third kappa shape index (κ3) is 4.09. The molecule has 0 spiro atoms. The van der Waals surface area contributed by atoms with Crippen LogP contribution in [0.3, 0.4) is 0 Å². The third-order valence-electron chi connectivity index (χ3n) is 4.40. The number of ether oxygens (including phenoxy) is 1. The van der Waals surface area contributed by atoms with Crippen molar-refractivity contribution in [2.45, 2.75) is 45.4 Å². The first kappa shape index (κ1) is 17.6. The summed E-state index contributed by atoms with van der Waals surface area (Å²) in [6.45, 7) is 7.03. The van der Waals surface area contributed by atoms with E-state index < -0.39 is 6.10 Å². The number of aromatic nitrogens is 2. The van der Waals surface area contributed by atoms with Gasteiger partial charge in [-0.3, -0.25) is 0 Å². The minimum absolute atomic E-state index is 0.0417. The molecule has 1 aromatic heterocycles. The van der Waals surface area contributed by atoms with Crippen LogP contribution in [0.1, 0.15) is 44.2 Å². The summed E-state index contributed by atoms with van der Waals surface area (Å²) in [5.41, 5.74) is 3.14. The van der Waals surface area contributed by atoms with Crippen LogP contribution in [0, 0.1) is 0 Å². The molecule has 4 nitrogen and oxygen atoms in total. The van der Waals surface area contributed by atoms with E-state index in [1.807, 2.05) is 61.5 Å². The third-order valence-corrected chi connectivity index (χ3v) is 4.40. The van der Waals surface area contributed by atoms with Crippen LogP contribution in [0.2, 0.25) is 0 Å². The number of benzene rings is 2. The second-order valence-corrected chi connectivity index (χ2v) is 6.76. The molecule has 0 radical (unpaired) electrons. The van der Waals surface area contributed by atoms with Crippen molar-refractivity contribution in [1.82, 2.24) is 9.55 Å². The lowest BCUT2D eigenvalue weighted by atomic mass is 10.1. The van der Waals surface area contributed by atoms with Gasteiger partial charge in [-0.25, -0.2) is 4.98 Å². The molecule has 3 rings (SSSR count). The molecule has 132 valence electrons. The number of nitrogens with zero attached hydrogens (tertiary/aromatic N) is 2. The van der Waals surface area contributed by atoms with Gasteiger partial charge in [0.05, 0.1) is 36.4 Å². The number of imidazole rings is 1. The highest BCUT2D eigenvalue weighted by Gasteiger charge is 2.17. The monoisotopic (exact) mass is 338 g/mol. The molecule has 0 aliphatic carbocycles. The molecule has 3 aromatic rings. The van der Waals surface area contributed by atoms with Crippen molar-refractivity contribution in [3.8, 4) is 0 Å². The second-order valence-electron chi connectivity index (χ2n) is 6.76. The van der Waals surface area contributed by atoms with E-state index in [1.54, 1.807) is 0 Å². The van der Waals surface area contributed by atoms with Gasteiger partial charge in [-0.1, -0.05) is 56.3 Å². The van der Waals surface area contributed by atoms with Gasteiger partial charge in [0.1, 0.15) is 5.82 Å². The summed E-state index contributed by atoms with van der Waals surface area (Å²) in [6.07, 6.45) is -0.624. The van der Waals surface area contributed by atoms with Gasteiger partial charge in [0.15, 0.2) is 0 Å². The van der Waals surface area contributed by atoms with Gasteiger partial charge in [0.2, 0.25) is 0 Å². The molecule has 0 bridgehead atoms. The van der Waals surface area contributed by atoms with E-state index in [2.05, 4.69) is 18.4 Å². The van der Waals surface area contributed by atoms with E-state index in [0.717, 1.165) is 22.4 Å². The Morgan fingerprint density at radius 3 is 2.40 bits per heavy atom. The summed E-state index contributed by atoms with van der Waals surface area (Å²) in [6, 6.07) is 18.1. The average Bonchev–Trinajstić information content (AvgIpc) is 2.99. The van der Waals surface area contributed by atoms with Crippen molar-refractivity contribution in [2.24, 2.45) is 0 Å². The molecule has 2 atom stereocenters. The van der Waals surface area contributed by atoms with Crippen molar-refractivity contribution in [2.75, 3.05) is 6.61 Å². The first-order valence-electron chi connectivity index (χ1n) is 8.86. The molecule has 1 heterocycles. The van der Waals surface area contributed by atoms with Crippen LogP contribution in [0.5, 0.6) is 0 Å². The van der Waals surface area contributed by atoms with E-state index in [4.69, 9.17) is 9.72 Å². The zero-order chi connectivity index (χ0) is 17.8. The maximum absolute atomic E-state index is 10.5. The molecule has 2 unspecified atom stereocenters. The highest BCUT2D eigenvalue weighted by Crippen LogP contribution is 2.22. The lowest BCUT2D eigenvalue weighted by molar-refractivity contribution is -0.00864. The highest BCUT2D eigenvalue weighted by atomic mass is 16.5. The molecule has 0 amide bonds. The van der Waals surface area contributed by atoms with E-state index in [9.17, 15) is 5.11 Å². The maximum Gasteiger partial charge on any atom is 0.112 e. The molecule has 0 aliphatic rings. The normalized spacial score (nSPS) is 14.1. The van der Waals surface area contributed by atoms with Crippen LogP contribution < -0.4 is 0 Å². The number of rotatable bonds is 7. The quantitative estimate of drug-likeness (QED) is 0.699. The largest absolute Gasteiger partial charge is 0.389 e. The molecule has 4 heteroatoms. The smallest absolute Gasteiger partial charge is 0.112 e. The van der Waals surface area contributed by atoms with Crippen molar-refractivity contribution in [1.29, 1.82) is 0 Å². The van der Waals surface area contributed by atoms with Gasteiger partial charge in [-0.2, -0.15) is 0 Å². The van der Waals surface area contributed by atoms with Crippen LogP contribution in [0.25, 0.3) is 11.0 Å². The maximum atomic E-state index is 10.5. The molecular weight excluding hydrogens is 312 g/mol. The molecule has 2 aromatic carbocycles. The van der Waals surface area contributed by atoms with Crippen LogP contribution in [-0.4, -0.2) is 27.4 Å². The Morgan fingerprint density at radius 2 is 1.68 bits per heavy atom. The minimum Gasteiger partial charge on any atom is -0.389 e. The fourth-order valence-corrected chi connectivity index (χ4v) is 3.07. The number of para-hydroxylation sites is 2. The number of aliphatic hydroxyl groups excluding tert-OH is 1. The van der Waals surface area contributed by atoms with Crippen molar-refractivity contribution < 1.29 is 9.84 Å². The van der Waals surface area contributed by atoms with Crippen molar-refractivity contribution >= 4 is 11.0 Å². The molecule has 0 saturated heterocycles. The molecular formula is C21H26N2O2. The fourth-order valence-electron chi connectivity index (χ4n) is 3.07. The molecule has 0 aliphatic heterocycles. The first-order valence-corrected chi connectivity index (χ1v) is 8.86. The summed E-state index contributed by atoms with van der Waals surface area (Å²) >= 11 is 0. The summed E-state index contributed by atoms with van der Waals surface area (Å²) in [7, 11) is 0. The number of fused-ring (bicyclic) bond motifs is 1. The van der Waals surface area contributed by atoms with Crippen molar-refractivity contribution in [3.05, 3.63) is 66.0 Å². The SMILES string of the molecule is CC(C)c1nc2ccccc2n1CC(O)COC(C)c1ccccc1. The average molecular weight is 338 g/mol. The topological polar surface area (TPSA) is 47.3 Å². The Kier molecular flexibility index (Phi) is 5.51. The number of aliphatic hydroxyl groups is 1. The Bertz CT molecular complexity index is 811. The standard InChI is InChI=1S/C21H26N2O2/c1-15(2)21-22-19-11-7-8-12-20(19)23(21)13-18(24)14-25-16(3)17-9-5-4-6-10-17/h4-12,15-16,18,24H,13-14H2,1-3H3. The van der Waals surface area contributed by atoms with Crippen LogP contribution in [0.4, 0.5) is 0 Å². The Morgan fingerprint density at radius 1 is 1.00 bits per heavy atom. The lowest BCUT2D eigenvalue weighted by Crippen LogP contribution is -2.24. The lowest BCUT2D eigenvalue weighted by Gasteiger charge is -2.19. The van der Waals surface area contributed by atoms with Gasteiger partial charge in [-0.05, 0) is 24.6 Å². The zero-order valence-corrected chi connectivity index (χ0v) is 15.1.